The summed E-state index contributed by atoms with van der Waals surface area (Å²) < 4.78 is 13.4. The summed E-state index contributed by atoms with van der Waals surface area (Å²) in [5.74, 6) is -0.267. The predicted octanol–water partition coefficient (Wildman–Crippen LogP) is 2.93. The van der Waals surface area contributed by atoms with Crippen molar-refractivity contribution < 1.29 is 9.18 Å². The first kappa shape index (κ1) is 16.1. The molecule has 1 saturated heterocycles. The minimum absolute atomic E-state index is 0.0248. The first-order valence-electron chi connectivity index (χ1n) is 8.78. The molecule has 25 heavy (non-hydrogen) atoms. The van der Waals surface area contributed by atoms with Gasteiger partial charge in [-0.05, 0) is 41.7 Å². The maximum Gasteiger partial charge on any atom is 0.320 e. The molecule has 2 amide bonds. The minimum atomic E-state index is -0.267. The van der Waals surface area contributed by atoms with E-state index in [2.05, 4.69) is 12.1 Å². The lowest BCUT2D eigenvalue weighted by molar-refractivity contribution is 0.145. The smallest absolute Gasteiger partial charge is 0.320 e. The Hall–Kier alpha value is -2.40. The number of benzene rings is 2. The van der Waals surface area contributed by atoms with Crippen LogP contribution in [0.3, 0.4) is 0 Å². The largest absolute Gasteiger partial charge is 0.326 e. The Morgan fingerprint density at radius 3 is 2.56 bits per heavy atom. The molecule has 4 rings (SSSR count). The average molecular weight is 339 g/mol. The van der Waals surface area contributed by atoms with Crippen LogP contribution in [-0.4, -0.2) is 41.5 Å². The lowest BCUT2D eigenvalue weighted by Crippen LogP contribution is -2.47. The Labute approximate surface area is 147 Å². The van der Waals surface area contributed by atoms with Crippen LogP contribution in [0, 0.1) is 5.82 Å². The number of hydrogen-bond donors (Lipinski definition) is 1. The van der Waals surface area contributed by atoms with Gasteiger partial charge in [0.1, 0.15) is 5.82 Å². The van der Waals surface area contributed by atoms with Crippen LogP contribution in [0.25, 0.3) is 0 Å². The number of nitrogens with zero attached hydrogens (tertiary/aromatic N) is 2. The van der Waals surface area contributed by atoms with E-state index in [9.17, 15) is 9.18 Å². The van der Waals surface area contributed by atoms with E-state index in [0.717, 1.165) is 24.0 Å². The monoisotopic (exact) mass is 339 g/mol. The quantitative estimate of drug-likeness (QED) is 0.868. The molecule has 2 aromatic rings. The minimum Gasteiger partial charge on any atom is -0.326 e. The summed E-state index contributed by atoms with van der Waals surface area (Å²) in [6, 6.07) is 14.6. The standard InChI is InChI=1S/C20H22FN3O/c21-16-7-5-15(6-8-16)19-18-4-2-1-3-14(18)9-12-24(19)20(25)23-11-10-17(22)13-23/h1-8,17,19H,9-13,22H2/t17-,19-/m1/s1. The molecule has 0 saturated carbocycles. The number of nitrogens with two attached hydrogens (primary N) is 1. The van der Waals surface area contributed by atoms with Crippen molar-refractivity contribution in [1.82, 2.24) is 9.80 Å². The van der Waals surface area contributed by atoms with E-state index in [0.29, 0.717) is 19.6 Å². The van der Waals surface area contributed by atoms with Crippen LogP contribution >= 0.6 is 0 Å². The number of likely N-dealkylation sites (tertiary alicyclic amines) is 1. The summed E-state index contributed by atoms with van der Waals surface area (Å²) in [6.45, 7) is 1.96. The summed E-state index contributed by atoms with van der Waals surface area (Å²) in [6.07, 6.45) is 1.68. The number of carbonyl (C=O) groups is 1. The molecular weight excluding hydrogens is 317 g/mol. The average Bonchev–Trinajstić information content (AvgIpc) is 3.07. The van der Waals surface area contributed by atoms with Gasteiger partial charge in [-0.3, -0.25) is 0 Å². The van der Waals surface area contributed by atoms with Crippen molar-refractivity contribution >= 4 is 6.03 Å². The maximum absolute atomic E-state index is 13.4. The van der Waals surface area contributed by atoms with Crippen molar-refractivity contribution in [2.45, 2.75) is 24.9 Å². The molecule has 4 nitrogen and oxygen atoms in total. The van der Waals surface area contributed by atoms with Gasteiger partial charge < -0.3 is 15.5 Å². The number of urea groups is 1. The van der Waals surface area contributed by atoms with E-state index < -0.39 is 0 Å². The van der Waals surface area contributed by atoms with Gasteiger partial charge in [-0.15, -0.1) is 0 Å². The molecule has 0 bridgehead atoms. The second-order valence-corrected chi connectivity index (χ2v) is 6.87. The third kappa shape index (κ3) is 3.00. The zero-order valence-corrected chi connectivity index (χ0v) is 14.1. The Morgan fingerprint density at radius 2 is 1.84 bits per heavy atom. The maximum atomic E-state index is 13.4. The number of amides is 2. The second-order valence-electron chi connectivity index (χ2n) is 6.87. The van der Waals surface area contributed by atoms with Gasteiger partial charge in [-0.2, -0.15) is 0 Å². The Kier molecular flexibility index (Phi) is 4.17. The summed E-state index contributed by atoms with van der Waals surface area (Å²) in [7, 11) is 0. The van der Waals surface area contributed by atoms with E-state index in [1.807, 2.05) is 21.9 Å². The van der Waals surface area contributed by atoms with E-state index in [1.165, 1.54) is 17.7 Å². The Balaban J connectivity index is 1.72. The van der Waals surface area contributed by atoms with Gasteiger partial charge in [0.25, 0.3) is 0 Å². The van der Waals surface area contributed by atoms with Crippen LogP contribution in [0.15, 0.2) is 48.5 Å². The van der Waals surface area contributed by atoms with E-state index in [4.69, 9.17) is 5.73 Å². The lowest BCUT2D eigenvalue weighted by Gasteiger charge is -2.39. The topological polar surface area (TPSA) is 49.6 Å². The predicted molar refractivity (Wildman–Crippen MR) is 94.7 cm³/mol. The number of halogens is 1. The summed E-state index contributed by atoms with van der Waals surface area (Å²) >= 11 is 0. The molecule has 2 aromatic carbocycles. The molecular formula is C20H22FN3O. The Morgan fingerprint density at radius 1 is 1.08 bits per heavy atom. The number of fused-ring (bicyclic) bond motifs is 1. The Bertz CT molecular complexity index is 777. The third-order valence-corrected chi connectivity index (χ3v) is 5.21. The van der Waals surface area contributed by atoms with Gasteiger partial charge in [0.05, 0.1) is 6.04 Å². The zero-order chi connectivity index (χ0) is 17.4. The van der Waals surface area contributed by atoms with Crippen LogP contribution in [0.5, 0.6) is 0 Å². The third-order valence-electron chi connectivity index (χ3n) is 5.21. The molecule has 2 atom stereocenters. The van der Waals surface area contributed by atoms with Gasteiger partial charge in [-0.1, -0.05) is 36.4 Å². The first-order valence-corrected chi connectivity index (χ1v) is 8.78. The second kappa shape index (κ2) is 6.48. The zero-order valence-electron chi connectivity index (χ0n) is 14.1. The van der Waals surface area contributed by atoms with Crippen LogP contribution in [0.1, 0.15) is 29.2 Å². The molecule has 0 spiro atoms. The van der Waals surface area contributed by atoms with Gasteiger partial charge in [0.15, 0.2) is 0 Å². The molecule has 2 aliphatic heterocycles. The summed E-state index contributed by atoms with van der Waals surface area (Å²) in [5.41, 5.74) is 9.28. The van der Waals surface area contributed by atoms with Crippen molar-refractivity contribution in [2.24, 2.45) is 5.73 Å². The summed E-state index contributed by atoms with van der Waals surface area (Å²) in [4.78, 5) is 16.9. The molecule has 0 unspecified atom stereocenters. The molecule has 5 heteroatoms. The molecule has 0 aliphatic carbocycles. The molecule has 0 radical (unpaired) electrons. The fourth-order valence-electron chi connectivity index (χ4n) is 3.92. The van der Waals surface area contributed by atoms with Crippen LogP contribution < -0.4 is 5.73 Å². The van der Waals surface area contributed by atoms with Crippen molar-refractivity contribution in [3.8, 4) is 0 Å². The normalized spacial score (nSPS) is 22.8. The van der Waals surface area contributed by atoms with Crippen LogP contribution in [0.4, 0.5) is 9.18 Å². The van der Waals surface area contributed by atoms with E-state index in [-0.39, 0.29) is 23.9 Å². The molecule has 2 N–H and O–H groups in total. The van der Waals surface area contributed by atoms with Gasteiger partial charge in [0, 0.05) is 25.7 Å². The number of carbonyl (C=O) groups excluding carboxylic acids is 1. The van der Waals surface area contributed by atoms with Crippen molar-refractivity contribution in [1.29, 1.82) is 0 Å². The van der Waals surface area contributed by atoms with Crippen molar-refractivity contribution in [3.63, 3.8) is 0 Å². The van der Waals surface area contributed by atoms with Crippen LogP contribution in [-0.2, 0) is 6.42 Å². The highest BCUT2D eigenvalue weighted by Gasteiger charge is 2.36. The highest BCUT2D eigenvalue weighted by molar-refractivity contribution is 5.76. The van der Waals surface area contributed by atoms with E-state index >= 15 is 0 Å². The molecule has 1 fully saturated rings. The number of hydrogen-bond acceptors (Lipinski definition) is 2. The first-order chi connectivity index (χ1) is 12.1. The molecule has 0 aromatic heterocycles. The molecule has 130 valence electrons. The number of rotatable bonds is 1. The fourth-order valence-corrected chi connectivity index (χ4v) is 3.92. The van der Waals surface area contributed by atoms with Gasteiger partial charge >= 0.3 is 6.03 Å². The van der Waals surface area contributed by atoms with Gasteiger partial charge in [0.2, 0.25) is 0 Å². The fraction of sp³-hybridized carbons (Fsp3) is 0.350. The SMILES string of the molecule is N[C@@H]1CCN(C(=O)N2CCc3ccccc3[C@H]2c2ccc(F)cc2)C1. The lowest BCUT2D eigenvalue weighted by atomic mass is 9.88. The molecule has 2 aliphatic rings. The van der Waals surface area contributed by atoms with Crippen molar-refractivity contribution in [2.75, 3.05) is 19.6 Å². The highest BCUT2D eigenvalue weighted by Crippen LogP contribution is 2.36. The van der Waals surface area contributed by atoms with E-state index in [1.54, 1.807) is 12.1 Å². The molecule has 2 heterocycles. The van der Waals surface area contributed by atoms with Crippen molar-refractivity contribution in [3.05, 3.63) is 71.0 Å². The van der Waals surface area contributed by atoms with Gasteiger partial charge in [-0.25, -0.2) is 9.18 Å². The summed E-state index contributed by atoms with van der Waals surface area (Å²) in [5, 5.41) is 0. The van der Waals surface area contributed by atoms with Crippen LogP contribution in [0.2, 0.25) is 0 Å². The highest BCUT2D eigenvalue weighted by atomic mass is 19.1.